The van der Waals surface area contributed by atoms with Crippen molar-refractivity contribution in [1.82, 2.24) is 40.8 Å². The molecule has 1 unspecified atom stereocenters. The van der Waals surface area contributed by atoms with Gasteiger partial charge in [-0.2, -0.15) is 0 Å². The van der Waals surface area contributed by atoms with E-state index in [1.54, 1.807) is 44.4 Å². The summed E-state index contributed by atoms with van der Waals surface area (Å²) in [4.78, 5) is 84.2. The Hall–Kier alpha value is -5.45. The van der Waals surface area contributed by atoms with Crippen LogP contribution in [-0.4, -0.2) is 102 Å². The van der Waals surface area contributed by atoms with Crippen LogP contribution in [0.2, 0.25) is 0 Å². The predicted molar refractivity (Wildman–Crippen MR) is 195 cm³/mol. The SMILES string of the molecule is CC(C)(O)c1cnnn1[C@H]1C[C@@H](C(=O)NC(CCCCNC(=O)O)C(=O)C(N)=O)N(C(=O)[C@@H](CC2CCCCC2)NC(=O)c2cccc3cnccc23)C1. The molecule has 3 heterocycles. The maximum Gasteiger partial charge on any atom is 0.404 e. The summed E-state index contributed by atoms with van der Waals surface area (Å²) in [6.45, 7) is 3.19. The second-order valence-corrected chi connectivity index (χ2v) is 14.7. The van der Waals surface area contributed by atoms with Gasteiger partial charge in [0, 0.05) is 42.9 Å². The van der Waals surface area contributed by atoms with Gasteiger partial charge in [-0.25, -0.2) is 9.48 Å². The Morgan fingerprint density at radius 1 is 1.00 bits per heavy atom. The molecule has 0 spiro atoms. The second-order valence-electron chi connectivity index (χ2n) is 14.7. The summed E-state index contributed by atoms with van der Waals surface area (Å²) < 4.78 is 1.48. The number of aromatic nitrogens is 4. The fourth-order valence-electron chi connectivity index (χ4n) is 7.55. The van der Waals surface area contributed by atoms with Gasteiger partial charge in [-0.05, 0) is 63.0 Å². The number of Topliss-reactive ketones (excluding diaryl/α,β-unsaturated/α-hetero) is 1. The smallest absolute Gasteiger partial charge is 0.404 e. The number of pyridine rings is 1. The molecule has 1 aliphatic carbocycles. The van der Waals surface area contributed by atoms with Crippen LogP contribution in [0.1, 0.15) is 100 Å². The normalized spacial score (nSPS) is 18.8. The lowest BCUT2D eigenvalue weighted by molar-refractivity contribution is -0.142. The zero-order chi connectivity index (χ0) is 39.0. The molecule has 0 radical (unpaired) electrons. The van der Waals surface area contributed by atoms with E-state index in [1.165, 1.54) is 15.8 Å². The van der Waals surface area contributed by atoms with Crippen molar-refractivity contribution >= 4 is 46.3 Å². The van der Waals surface area contributed by atoms with Crippen LogP contribution in [-0.2, 0) is 24.8 Å². The molecule has 2 aliphatic rings. The van der Waals surface area contributed by atoms with Crippen molar-refractivity contribution < 1.29 is 39.0 Å². The number of ketones is 1. The van der Waals surface area contributed by atoms with E-state index < -0.39 is 65.3 Å². The number of carboxylic acid groups (broad SMARTS) is 1. The summed E-state index contributed by atoms with van der Waals surface area (Å²) in [5.74, 6) is -3.80. The lowest BCUT2D eigenvalue weighted by atomic mass is 9.84. The molecule has 7 N–H and O–H groups in total. The number of rotatable bonds is 16. The Kier molecular flexibility index (Phi) is 12.9. The van der Waals surface area contributed by atoms with Gasteiger partial charge in [-0.1, -0.05) is 49.5 Å². The maximum atomic E-state index is 14.8. The molecule has 1 saturated carbocycles. The van der Waals surface area contributed by atoms with Crippen molar-refractivity contribution in [3.05, 3.63) is 54.1 Å². The van der Waals surface area contributed by atoms with E-state index in [1.807, 2.05) is 6.07 Å². The number of aliphatic hydroxyl groups is 1. The summed E-state index contributed by atoms with van der Waals surface area (Å²) in [6, 6.07) is 2.86. The lowest BCUT2D eigenvalue weighted by Gasteiger charge is -2.32. The van der Waals surface area contributed by atoms with Gasteiger partial charge in [0.1, 0.15) is 17.7 Å². The number of hydrogen-bond donors (Lipinski definition) is 6. The number of carbonyl (C=O) groups is 6. The van der Waals surface area contributed by atoms with Crippen LogP contribution in [0.5, 0.6) is 0 Å². The summed E-state index contributed by atoms with van der Waals surface area (Å²) in [5, 5.41) is 37.2. The van der Waals surface area contributed by atoms with Crippen LogP contribution in [0.3, 0.4) is 0 Å². The average Bonchev–Trinajstić information content (AvgIpc) is 3.82. The highest BCUT2D eigenvalue weighted by molar-refractivity contribution is 6.37. The number of benzene rings is 1. The number of carbonyl (C=O) groups excluding carboxylic acids is 5. The first-order valence-corrected chi connectivity index (χ1v) is 18.4. The van der Waals surface area contributed by atoms with E-state index in [9.17, 15) is 33.9 Å². The number of primary amides is 1. The van der Waals surface area contributed by atoms with Gasteiger partial charge in [0.15, 0.2) is 0 Å². The Balaban J connectivity index is 1.45. The van der Waals surface area contributed by atoms with E-state index in [4.69, 9.17) is 10.8 Å². The Morgan fingerprint density at radius 3 is 2.46 bits per heavy atom. The Bertz CT molecular complexity index is 1850. The molecule has 4 atom stereocenters. The number of nitrogens with one attached hydrogen (secondary N) is 3. The number of nitrogens with two attached hydrogens (primary N) is 1. The summed E-state index contributed by atoms with van der Waals surface area (Å²) in [6.07, 6.45) is 9.26. The van der Waals surface area contributed by atoms with E-state index >= 15 is 0 Å². The van der Waals surface area contributed by atoms with Crippen LogP contribution in [0.15, 0.2) is 42.9 Å². The number of likely N-dealkylation sites (tertiary alicyclic amines) is 1. The maximum absolute atomic E-state index is 14.8. The quantitative estimate of drug-likeness (QED) is 0.0912. The van der Waals surface area contributed by atoms with Crippen LogP contribution >= 0.6 is 0 Å². The third-order valence-corrected chi connectivity index (χ3v) is 10.3. The first kappa shape index (κ1) is 39.8. The van der Waals surface area contributed by atoms with E-state index in [0.29, 0.717) is 29.5 Å². The largest absolute Gasteiger partial charge is 0.465 e. The molecule has 5 rings (SSSR count). The first-order chi connectivity index (χ1) is 25.7. The van der Waals surface area contributed by atoms with Crippen LogP contribution in [0.4, 0.5) is 4.79 Å². The topological polar surface area (TPSA) is 252 Å². The molecule has 2 fully saturated rings. The highest BCUT2D eigenvalue weighted by Gasteiger charge is 2.45. The molecule has 1 aromatic carbocycles. The Labute approximate surface area is 312 Å². The predicted octanol–water partition coefficient (Wildman–Crippen LogP) is 1.94. The highest BCUT2D eigenvalue weighted by atomic mass is 16.4. The number of hydrogen-bond acceptors (Lipinski definition) is 10. The molecular formula is C37H49N9O8. The summed E-state index contributed by atoms with van der Waals surface area (Å²) in [7, 11) is 0. The Morgan fingerprint density at radius 2 is 1.76 bits per heavy atom. The monoisotopic (exact) mass is 747 g/mol. The molecule has 0 bridgehead atoms. The fraction of sp³-hybridized carbons (Fsp3) is 0.541. The number of fused-ring (bicyclic) bond motifs is 1. The molecular weight excluding hydrogens is 698 g/mol. The molecule has 1 aliphatic heterocycles. The lowest BCUT2D eigenvalue weighted by Crippen LogP contribution is -2.56. The van der Waals surface area contributed by atoms with E-state index in [2.05, 4.69) is 31.2 Å². The molecule has 290 valence electrons. The number of nitrogens with zero attached hydrogens (tertiary/aromatic N) is 5. The minimum absolute atomic E-state index is 0.00819. The van der Waals surface area contributed by atoms with Gasteiger partial charge in [0.05, 0.1) is 24.0 Å². The second kappa shape index (κ2) is 17.6. The van der Waals surface area contributed by atoms with Gasteiger partial charge >= 0.3 is 6.09 Å². The third kappa shape index (κ3) is 9.75. The number of amides is 5. The summed E-state index contributed by atoms with van der Waals surface area (Å²) in [5.41, 5.74) is 4.70. The van der Waals surface area contributed by atoms with Crippen molar-refractivity contribution in [3.63, 3.8) is 0 Å². The zero-order valence-corrected chi connectivity index (χ0v) is 30.6. The average molecular weight is 748 g/mol. The summed E-state index contributed by atoms with van der Waals surface area (Å²) >= 11 is 0. The van der Waals surface area contributed by atoms with E-state index in [0.717, 1.165) is 37.5 Å². The standard InChI is InChI=1S/C37H49N9O8/c1-37(2,54)30-20-41-44-46(30)24-18-29(34(50)42-27(31(47)32(38)48)13-6-7-15-40-36(52)53)45(21-24)35(51)28(17-22-9-4-3-5-10-22)43-33(49)26-12-8-11-23-19-39-16-14-25(23)26/h8,11-12,14,16,19-20,22,24,27-29,40,54H,3-7,9-10,13,15,17-18,21H2,1-2H3,(H2,38,48)(H,42,50)(H,43,49)(H,52,53)/t24-,27?,28+,29-/m0/s1. The molecule has 54 heavy (non-hydrogen) atoms. The highest BCUT2D eigenvalue weighted by Crippen LogP contribution is 2.34. The molecule has 17 nitrogen and oxygen atoms in total. The van der Waals surface area contributed by atoms with Crippen LogP contribution in [0.25, 0.3) is 10.8 Å². The minimum atomic E-state index is -1.36. The van der Waals surface area contributed by atoms with Crippen molar-refractivity contribution in [1.29, 1.82) is 0 Å². The van der Waals surface area contributed by atoms with Crippen molar-refractivity contribution in [2.24, 2.45) is 11.7 Å². The van der Waals surface area contributed by atoms with Gasteiger partial charge < -0.3 is 36.8 Å². The van der Waals surface area contributed by atoms with Crippen molar-refractivity contribution in [2.45, 2.75) is 108 Å². The molecule has 3 aromatic rings. The fourth-order valence-corrected chi connectivity index (χ4v) is 7.55. The first-order valence-electron chi connectivity index (χ1n) is 18.4. The number of unbranched alkanes of at least 4 members (excludes halogenated alkanes) is 1. The molecule has 17 heteroatoms. The third-order valence-electron chi connectivity index (χ3n) is 10.3. The van der Waals surface area contributed by atoms with Crippen LogP contribution in [0, 0.1) is 5.92 Å². The van der Waals surface area contributed by atoms with Crippen LogP contribution < -0.4 is 21.7 Å². The van der Waals surface area contributed by atoms with Gasteiger partial charge in [0.25, 0.3) is 11.8 Å². The van der Waals surface area contributed by atoms with Crippen molar-refractivity contribution in [2.75, 3.05) is 13.1 Å². The van der Waals surface area contributed by atoms with Gasteiger partial charge in [-0.15, -0.1) is 5.10 Å². The molecule has 5 amide bonds. The molecule has 1 saturated heterocycles. The van der Waals surface area contributed by atoms with Gasteiger partial charge in [-0.3, -0.25) is 29.0 Å². The van der Waals surface area contributed by atoms with E-state index in [-0.39, 0.29) is 38.3 Å². The zero-order valence-electron chi connectivity index (χ0n) is 30.6. The molecule has 2 aromatic heterocycles. The van der Waals surface area contributed by atoms with Crippen molar-refractivity contribution in [3.8, 4) is 0 Å². The minimum Gasteiger partial charge on any atom is -0.465 e. The van der Waals surface area contributed by atoms with Gasteiger partial charge in [0.2, 0.25) is 17.6 Å².